The highest BCUT2D eigenvalue weighted by Gasteiger charge is 2.34. The van der Waals surface area contributed by atoms with Crippen LogP contribution in [0, 0.1) is 0 Å². The Kier molecular flexibility index (Phi) is 11.1. The molecule has 1 aliphatic heterocycles. The van der Waals surface area contributed by atoms with Crippen LogP contribution in [-0.4, -0.2) is 68.2 Å². The number of aromatic nitrogens is 1. The normalized spacial score (nSPS) is 14.2. The fourth-order valence-electron chi connectivity index (χ4n) is 4.63. The van der Waals surface area contributed by atoms with Gasteiger partial charge in [0.15, 0.2) is 41.0 Å². The van der Waals surface area contributed by atoms with Gasteiger partial charge in [-0.15, -0.1) is 0 Å². The predicted molar refractivity (Wildman–Crippen MR) is 167 cm³/mol. The van der Waals surface area contributed by atoms with Crippen LogP contribution in [0.2, 0.25) is 5.02 Å². The maximum Gasteiger partial charge on any atom is 0.343 e. The average Bonchev–Trinajstić information content (AvgIpc) is 3.32. The number of aliphatic carboxylic acids is 1. The zero-order chi connectivity index (χ0) is 33.5. The molecule has 0 fully saturated rings. The van der Waals surface area contributed by atoms with E-state index in [1.54, 1.807) is 51.1 Å². The quantitative estimate of drug-likeness (QED) is 0.266. The number of hydrogen-bond acceptors (Lipinski definition) is 12. The number of rotatable bonds is 13. The van der Waals surface area contributed by atoms with E-state index in [1.165, 1.54) is 24.9 Å². The number of benzene rings is 2. The number of hydrogen-bond donors (Lipinski definition) is 1. The third-order valence-corrected chi connectivity index (χ3v) is 7.83. The molecule has 15 heteroatoms. The standard InChI is InChI=1S/C31H31ClN2O11S/c1-6-42-21-13-18(8-9-20(21)44-15-25(37)41-5)27-26(30(39)43-7-2)16(3)33-31-34(27)29(38)23(46-31)12-17-10-19(32)28(22(11-17)40-4)45-14-24(35)36/h8-13,27H,6-7,14-15H2,1-5H3,(H,35,36)/b23-12-/t27-/m1/s1. The molecule has 1 N–H and O–H groups in total. The number of esters is 2. The molecule has 46 heavy (non-hydrogen) atoms. The number of carbonyl (C=O) groups is 3. The Morgan fingerprint density at radius 3 is 2.43 bits per heavy atom. The summed E-state index contributed by atoms with van der Waals surface area (Å²) < 4.78 is 33.7. The van der Waals surface area contributed by atoms with Crippen molar-refractivity contribution in [3.8, 4) is 23.0 Å². The molecule has 3 aromatic rings. The Hall–Kier alpha value is -4.82. The first-order valence-electron chi connectivity index (χ1n) is 13.9. The zero-order valence-corrected chi connectivity index (χ0v) is 27.2. The van der Waals surface area contributed by atoms with Gasteiger partial charge in [0.2, 0.25) is 0 Å². The van der Waals surface area contributed by atoms with Crippen LogP contribution in [0.5, 0.6) is 23.0 Å². The molecule has 0 radical (unpaired) electrons. The van der Waals surface area contributed by atoms with E-state index in [2.05, 4.69) is 9.73 Å². The van der Waals surface area contributed by atoms with Gasteiger partial charge in [-0.25, -0.2) is 19.4 Å². The van der Waals surface area contributed by atoms with Crippen LogP contribution < -0.4 is 33.8 Å². The molecule has 0 aliphatic carbocycles. The Morgan fingerprint density at radius 2 is 1.78 bits per heavy atom. The molecule has 0 spiro atoms. The molecule has 244 valence electrons. The lowest BCUT2D eigenvalue weighted by molar-refractivity contribution is -0.143. The number of nitrogens with zero attached hydrogens (tertiary/aromatic N) is 2. The molecule has 1 atom stereocenters. The second kappa shape index (κ2) is 15.0. The van der Waals surface area contributed by atoms with E-state index in [-0.39, 0.29) is 57.9 Å². The number of carbonyl (C=O) groups excluding carboxylic acids is 2. The second-order valence-electron chi connectivity index (χ2n) is 9.52. The molecular formula is C31H31ClN2O11S. The first-order chi connectivity index (χ1) is 22.0. The van der Waals surface area contributed by atoms with Gasteiger partial charge in [0.1, 0.15) is 0 Å². The van der Waals surface area contributed by atoms with Gasteiger partial charge >= 0.3 is 17.9 Å². The number of thiazole rings is 1. The van der Waals surface area contributed by atoms with Crippen LogP contribution in [0.15, 0.2) is 51.4 Å². The van der Waals surface area contributed by atoms with Crippen LogP contribution in [0.1, 0.15) is 37.9 Å². The second-order valence-corrected chi connectivity index (χ2v) is 10.9. The summed E-state index contributed by atoms with van der Waals surface area (Å²) in [6.07, 6.45) is 1.58. The van der Waals surface area contributed by atoms with Crippen molar-refractivity contribution >= 4 is 46.9 Å². The molecule has 0 bridgehead atoms. The summed E-state index contributed by atoms with van der Waals surface area (Å²) in [6.45, 7) is 4.52. The lowest BCUT2D eigenvalue weighted by atomic mass is 9.95. The van der Waals surface area contributed by atoms with Crippen LogP contribution in [0.3, 0.4) is 0 Å². The van der Waals surface area contributed by atoms with E-state index in [1.807, 2.05) is 0 Å². The van der Waals surface area contributed by atoms with Gasteiger partial charge in [-0.2, -0.15) is 0 Å². The minimum absolute atomic E-state index is 0.0454. The van der Waals surface area contributed by atoms with E-state index in [0.717, 1.165) is 11.3 Å². The van der Waals surface area contributed by atoms with E-state index >= 15 is 0 Å². The highest BCUT2D eigenvalue weighted by Crippen LogP contribution is 2.38. The third-order valence-electron chi connectivity index (χ3n) is 6.56. The number of carboxylic acids is 1. The Morgan fingerprint density at radius 1 is 1.02 bits per heavy atom. The fourth-order valence-corrected chi connectivity index (χ4v) is 5.95. The largest absolute Gasteiger partial charge is 0.493 e. The number of carboxylic acid groups (broad SMARTS) is 1. The van der Waals surface area contributed by atoms with Gasteiger partial charge in [-0.05, 0) is 62.2 Å². The Labute approximate surface area is 271 Å². The van der Waals surface area contributed by atoms with Crippen molar-refractivity contribution in [2.45, 2.75) is 26.8 Å². The Bertz CT molecular complexity index is 1880. The molecule has 13 nitrogen and oxygen atoms in total. The van der Waals surface area contributed by atoms with Crippen LogP contribution >= 0.6 is 22.9 Å². The molecular weight excluding hydrogens is 644 g/mol. The smallest absolute Gasteiger partial charge is 0.343 e. The SMILES string of the molecule is CCOC(=O)C1=C(C)N=c2s/c(=C\c3cc(Cl)c(OCC(=O)O)c(OC)c3)c(=O)n2[C@@H]1c1ccc(OCC(=O)OC)c(OCC)c1. The lowest BCUT2D eigenvalue weighted by Crippen LogP contribution is -2.40. The van der Waals surface area contributed by atoms with E-state index in [0.29, 0.717) is 21.6 Å². The van der Waals surface area contributed by atoms with Gasteiger partial charge in [-0.3, -0.25) is 9.36 Å². The molecule has 0 unspecified atom stereocenters. The van der Waals surface area contributed by atoms with Crippen LogP contribution in [0.25, 0.3) is 6.08 Å². The van der Waals surface area contributed by atoms with Gasteiger partial charge < -0.3 is 33.5 Å². The highest BCUT2D eigenvalue weighted by molar-refractivity contribution is 7.07. The number of ether oxygens (including phenoxy) is 6. The van der Waals surface area contributed by atoms with Gasteiger partial charge in [0, 0.05) is 0 Å². The molecule has 1 aliphatic rings. The molecule has 1 aromatic heterocycles. The minimum atomic E-state index is -1.19. The van der Waals surface area contributed by atoms with Gasteiger partial charge in [-0.1, -0.05) is 29.0 Å². The average molecular weight is 675 g/mol. The summed E-state index contributed by atoms with van der Waals surface area (Å²) in [5.74, 6) is -1.64. The van der Waals surface area contributed by atoms with Gasteiger partial charge in [0.05, 0.1) is 54.3 Å². The van der Waals surface area contributed by atoms with Crippen LogP contribution in [-0.2, 0) is 23.9 Å². The van der Waals surface area contributed by atoms with E-state index < -0.39 is 36.1 Å². The predicted octanol–water partition coefficient (Wildman–Crippen LogP) is 2.87. The first kappa shape index (κ1) is 34.1. The van der Waals surface area contributed by atoms with Crippen LogP contribution in [0.4, 0.5) is 0 Å². The van der Waals surface area contributed by atoms with Crippen molar-refractivity contribution < 1.29 is 47.9 Å². The third kappa shape index (κ3) is 7.35. The lowest BCUT2D eigenvalue weighted by Gasteiger charge is -2.25. The molecule has 2 aromatic carbocycles. The number of fused-ring (bicyclic) bond motifs is 1. The number of halogens is 1. The fraction of sp³-hybridized carbons (Fsp3) is 0.323. The molecule has 0 saturated heterocycles. The van der Waals surface area contributed by atoms with Crippen molar-refractivity contribution in [3.63, 3.8) is 0 Å². The summed E-state index contributed by atoms with van der Waals surface area (Å²) in [4.78, 5) is 54.9. The van der Waals surface area contributed by atoms with Crippen molar-refractivity contribution in [2.75, 3.05) is 40.6 Å². The molecule has 2 heterocycles. The summed E-state index contributed by atoms with van der Waals surface area (Å²) in [6, 6.07) is 6.99. The number of methoxy groups -OCH3 is 2. The van der Waals surface area contributed by atoms with E-state index in [4.69, 9.17) is 40.4 Å². The summed E-state index contributed by atoms with van der Waals surface area (Å²) in [5, 5.41) is 9.06. The van der Waals surface area contributed by atoms with E-state index in [9.17, 15) is 19.2 Å². The topological polar surface area (TPSA) is 161 Å². The minimum Gasteiger partial charge on any atom is -0.493 e. The maximum atomic E-state index is 14.1. The number of allylic oxidation sites excluding steroid dienone is 1. The van der Waals surface area contributed by atoms with Crippen molar-refractivity contribution in [3.05, 3.63) is 77.4 Å². The zero-order valence-electron chi connectivity index (χ0n) is 25.6. The van der Waals surface area contributed by atoms with Gasteiger partial charge in [0.25, 0.3) is 5.56 Å². The summed E-state index contributed by atoms with van der Waals surface area (Å²) in [7, 11) is 2.62. The monoisotopic (exact) mass is 674 g/mol. The highest BCUT2D eigenvalue weighted by atomic mass is 35.5. The Balaban J connectivity index is 1.88. The maximum absolute atomic E-state index is 14.1. The van der Waals surface area contributed by atoms with Crippen molar-refractivity contribution in [1.29, 1.82) is 0 Å². The van der Waals surface area contributed by atoms with Crippen molar-refractivity contribution in [2.24, 2.45) is 4.99 Å². The molecule has 0 amide bonds. The summed E-state index contributed by atoms with van der Waals surface area (Å²) >= 11 is 7.49. The summed E-state index contributed by atoms with van der Waals surface area (Å²) in [5.41, 5.74) is 1.05. The van der Waals surface area contributed by atoms with Crippen molar-refractivity contribution in [1.82, 2.24) is 4.57 Å². The molecule has 4 rings (SSSR count). The first-order valence-corrected chi connectivity index (χ1v) is 15.1. The molecule has 0 saturated carbocycles.